The summed E-state index contributed by atoms with van der Waals surface area (Å²) in [6.45, 7) is 4.19. The number of benzene rings is 1. The molecule has 3 nitrogen and oxygen atoms in total. The van der Waals surface area contributed by atoms with E-state index in [0.717, 1.165) is 12.8 Å². The molecule has 0 saturated heterocycles. The third-order valence-electron chi connectivity index (χ3n) is 3.50. The highest BCUT2D eigenvalue weighted by atomic mass is 15.2. The molecule has 0 aliphatic rings. The molecule has 0 spiro atoms. The summed E-state index contributed by atoms with van der Waals surface area (Å²) in [6, 6.07) is 10.8. The van der Waals surface area contributed by atoms with Crippen molar-refractivity contribution in [3.8, 4) is 0 Å². The molecule has 3 N–H and O–H groups in total. The van der Waals surface area contributed by atoms with Crippen LogP contribution < -0.4 is 11.3 Å². The molecule has 19 heavy (non-hydrogen) atoms. The average molecular weight is 255 g/mol. The average Bonchev–Trinajstić information content (AvgIpc) is 2.43. The van der Waals surface area contributed by atoms with Crippen LogP contribution in [0, 0.1) is 13.8 Å². The first-order valence-electron chi connectivity index (χ1n) is 6.63. The first kappa shape index (κ1) is 13.7. The van der Waals surface area contributed by atoms with Crippen molar-refractivity contribution >= 4 is 0 Å². The highest BCUT2D eigenvalue weighted by molar-refractivity contribution is 5.26. The first-order valence-corrected chi connectivity index (χ1v) is 6.63. The standard InChI is InChI=1S/C16H21N3/c1-12-3-5-14(6-4-12)7-8-16(19-17)15-11-18-10-9-13(15)2/h3-6,9-11,16,19H,7-8,17H2,1-2H3. The lowest BCUT2D eigenvalue weighted by Crippen LogP contribution is -2.29. The quantitative estimate of drug-likeness (QED) is 0.638. The Bertz CT molecular complexity index is 520. The fourth-order valence-electron chi connectivity index (χ4n) is 2.24. The third kappa shape index (κ3) is 3.63. The van der Waals surface area contributed by atoms with Gasteiger partial charge in [0.1, 0.15) is 0 Å². The van der Waals surface area contributed by atoms with E-state index in [1.54, 1.807) is 0 Å². The van der Waals surface area contributed by atoms with Gasteiger partial charge in [-0.15, -0.1) is 0 Å². The van der Waals surface area contributed by atoms with E-state index in [2.05, 4.69) is 48.5 Å². The third-order valence-corrected chi connectivity index (χ3v) is 3.50. The van der Waals surface area contributed by atoms with Gasteiger partial charge in [-0.25, -0.2) is 0 Å². The number of nitrogens with one attached hydrogen (secondary N) is 1. The fourth-order valence-corrected chi connectivity index (χ4v) is 2.24. The van der Waals surface area contributed by atoms with E-state index in [1.165, 1.54) is 22.3 Å². The zero-order chi connectivity index (χ0) is 13.7. The highest BCUT2D eigenvalue weighted by Crippen LogP contribution is 2.21. The summed E-state index contributed by atoms with van der Waals surface area (Å²) in [5.41, 5.74) is 7.93. The molecule has 2 rings (SSSR count). The Morgan fingerprint density at radius 3 is 2.53 bits per heavy atom. The summed E-state index contributed by atoms with van der Waals surface area (Å²) in [5.74, 6) is 5.68. The lowest BCUT2D eigenvalue weighted by Gasteiger charge is -2.18. The second-order valence-corrected chi connectivity index (χ2v) is 4.98. The lowest BCUT2D eigenvalue weighted by atomic mass is 9.97. The number of hydrazine groups is 1. The van der Waals surface area contributed by atoms with Crippen LogP contribution in [-0.2, 0) is 6.42 Å². The largest absolute Gasteiger partial charge is 0.271 e. The van der Waals surface area contributed by atoms with Gasteiger partial charge in [0.15, 0.2) is 0 Å². The molecule has 0 fully saturated rings. The summed E-state index contributed by atoms with van der Waals surface area (Å²) in [7, 11) is 0. The molecule has 2 aromatic rings. The molecule has 0 saturated carbocycles. The SMILES string of the molecule is Cc1ccc(CCC(NN)c2cnccc2C)cc1. The molecule has 0 aliphatic carbocycles. The molecule has 1 aromatic heterocycles. The molecule has 0 bridgehead atoms. The van der Waals surface area contributed by atoms with E-state index in [9.17, 15) is 0 Å². The molecule has 1 atom stereocenters. The van der Waals surface area contributed by atoms with Crippen LogP contribution in [0.5, 0.6) is 0 Å². The van der Waals surface area contributed by atoms with Crippen LogP contribution in [0.3, 0.4) is 0 Å². The van der Waals surface area contributed by atoms with Crippen molar-refractivity contribution in [2.24, 2.45) is 5.84 Å². The van der Waals surface area contributed by atoms with Crippen molar-refractivity contribution in [3.05, 3.63) is 65.0 Å². The summed E-state index contributed by atoms with van der Waals surface area (Å²) in [4.78, 5) is 4.19. The molecule has 1 heterocycles. The van der Waals surface area contributed by atoms with Crippen LogP contribution in [0.25, 0.3) is 0 Å². The van der Waals surface area contributed by atoms with Gasteiger partial charge in [0.25, 0.3) is 0 Å². The number of rotatable bonds is 5. The minimum absolute atomic E-state index is 0.148. The van der Waals surface area contributed by atoms with E-state index >= 15 is 0 Å². The molecule has 1 unspecified atom stereocenters. The predicted molar refractivity (Wildman–Crippen MR) is 78.5 cm³/mol. The van der Waals surface area contributed by atoms with Gasteiger partial charge in [-0.2, -0.15) is 0 Å². The maximum atomic E-state index is 5.68. The van der Waals surface area contributed by atoms with E-state index in [0.29, 0.717) is 0 Å². The maximum Gasteiger partial charge on any atom is 0.0481 e. The zero-order valence-corrected chi connectivity index (χ0v) is 11.6. The summed E-state index contributed by atoms with van der Waals surface area (Å²) < 4.78 is 0. The molecular formula is C16H21N3. The van der Waals surface area contributed by atoms with E-state index in [4.69, 9.17) is 5.84 Å². The van der Waals surface area contributed by atoms with Crippen molar-refractivity contribution in [2.75, 3.05) is 0 Å². The van der Waals surface area contributed by atoms with Gasteiger partial charge in [0.05, 0.1) is 0 Å². The fraction of sp³-hybridized carbons (Fsp3) is 0.312. The number of pyridine rings is 1. The van der Waals surface area contributed by atoms with E-state index in [-0.39, 0.29) is 6.04 Å². The van der Waals surface area contributed by atoms with Gasteiger partial charge in [-0.1, -0.05) is 29.8 Å². The number of aromatic nitrogens is 1. The minimum Gasteiger partial charge on any atom is -0.271 e. The van der Waals surface area contributed by atoms with Crippen LogP contribution >= 0.6 is 0 Å². The summed E-state index contributed by atoms with van der Waals surface area (Å²) in [5, 5.41) is 0. The van der Waals surface area contributed by atoms with Crippen molar-refractivity contribution in [1.82, 2.24) is 10.4 Å². The normalized spacial score (nSPS) is 12.4. The monoisotopic (exact) mass is 255 g/mol. The van der Waals surface area contributed by atoms with Crippen molar-refractivity contribution < 1.29 is 0 Å². The number of aryl methyl sites for hydroxylation is 3. The van der Waals surface area contributed by atoms with Gasteiger partial charge >= 0.3 is 0 Å². The van der Waals surface area contributed by atoms with Crippen molar-refractivity contribution in [2.45, 2.75) is 32.7 Å². The number of nitrogens with two attached hydrogens (primary N) is 1. The second kappa shape index (κ2) is 6.45. The van der Waals surface area contributed by atoms with Crippen LogP contribution in [0.2, 0.25) is 0 Å². The second-order valence-electron chi connectivity index (χ2n) is 4.98. The molecule has 0 aliphatic heterocycles. The number of hydrogen-bond donors (Lipinski definition) is 2. The van der Waals surface area contributed by atoms with Gasteiger partial charge in [-0.3, -0.25) is 16.3 Å². The van der Waals surface area contributed by atoms with Gasteiger partial charge in [0.2, 0.25) is 0 Å². The smallest absolute Gasteiger partial charge is 0.0481 e. The van der Waals surface area contributed by atoms with Crippen LogP contribution in [-0.4, -0.2) is 4.98 Å². The Morgan fingerprint density at radius 1 is 1.16 bits per heavy atom. The van der Waals surface area contributed by atoms with E-state index < -0.39 is 0 Å². The van der Waals surface area contributed by atoms with Crippen LogP contribution in [0.15, 0.2) is 42.7 Å². The Hall–Kier alpha value is -1.71. The maximum absolute atomic E-state index is 5.68. The van der Waals surface area contributed by atoms with Crippen molar-refractivity contribution in [3.63, 3.8) is 0 Å². The molecule has 1 aromatic carbocycles. The lowest BCUT2D eigenvalue weighted by molar-refractivity contribution is 0.513. The van der Waals surface area contributed by atoms with Crippen molar-refractivity contribution in [1.29, 1.82) is 0 Å². The first-order chi connectivity index (χ1) is 9.20. The van der Waals surface area contributed by atoms with E-state index in [1.807, 2.05) is 18.5 Å². The highest BCUT2D eigenvalue weighted by Gasteiger charge is 2.12. The van der Waals surface area contributed by atoms with Gasteiger partial charge < -0.3 is 0 Å². The number of nitrogens with zero attached hydrogens (tertiary/aromatic N) is 1. The minimum atomic E-state index is 0.148. The summed E-state index contributed by atoms with van der Waals surface area (Å²) >= 11 is 0. The predicted octanol–water partition coefficient (Wildman–Crippen LogP) is 2.84. The molecule has 100 valence electrons. The van der Waals surface area contributed by atoms with Crippen LogP contribution in [0.1, 0.15) is 34.7 Å². The Morgan fingerprint density at radius 2 is 1.89 bits per heavy atom. The Balaban J connectivity index is 2.04. The van der Waals surface area contributed by atoms with Crippen LogP contribution in [0.4, 0.5) is 0 Å². The Labute approximate surface area is 114 Å². The van der Waals surface area contributed by atoms with Gasteiger partial charge in [0, 0.05) is 18.4 Å². The molecule has 3 heteroatoms. The number of hydrogen-bond acceptors (Lipinski definition) is 3. The summed E-state index contributed by atoms with van der Waals surface area (Å²) in [6.07, 6.45) is 5.68. The molecular weight excluding hydrogens is 234 g/mol. The van der Waals surface area contributed by atoms with Gasteiger partial charge in [-0.05, 0) is 49.4 Å². The molecule has 0 radical (unpaired) electrons. The molecule has 0 amide bonds. The Kier molecular flexibility index (Phi) is 4.66. The zero-order valence-electron chi connectivity index (χ0n) is 11.6. The topological polar surface area (TPSA) is 50.9 Å².